The zero-order valence-electron chi connectivity index (χ0n) is 12.1. The van der Waals surface area contributed by atoms with Crippen molar-refractivity contribution in [1.82, 2.24) is 10.6 Å². The highest BCUT2D eigenvalue weighted by atomic mass is 32.2. The van der Waals surface area contributed by atoms with Crippen molar-refractivity contribution in [2.75, 3.05) is 18.1 Å². The Morgan fingerprint density at radius 3 is 2.86 bits per heavy atom. The van der Waals surface area contributed by atoms with Crippen LogP contribution in [0.2, 0.25) is 0 Å². The fourth-order valence-electron chi connectivity index (χ4n) is 3.08. The van der Waals surface area contributed by atoms with Gasteiger partial charge in [0.25, 0.3) is 5.91 Å². The molecular weight excluding hydrogens is 288 g/mol. The Bertz CT molecular complexity index is 684. The van der Waals surface area contributed by atoms with Gasteiger partial charge in [-0.25, -0.2) is 8.42 Å². The van der Waals surface area contributed by atoms with Crippen molar-refractivity contribution < 1.29 is 13.2 Å². The van der Waals surface area contributed by atoms with Gasteiger partial charge in [0.15, 0.2) is 9.84 Å². The van der Waals surface area contributed by atoms with Gasteiger partial charge in [-0.05, 0) is 49.6 Å². The van der Waals surface area contributed by atoms with Crippen LogP contribution in [0.25, 0.3) is 0 Å². The van der Waals surface area contributed by atoms with Crippen molar-refractivity contribution in [3.05, 3.63) is 34.9 Å². The minimum Gasteiger partial charge on any atom is -0.346 e. The Hall–Kier alpha value is -1.40. The fourth-order valence-corrected chi connectivity index (χ4v) is 5.17. The van der Waals surface area contributed by atoms with Crippen LogP contribution >= 0.6 is 0 Å². The first-order valence-electron chi connectivity index (χ1n) is 7.22. The van der Waals surface area contributed by atoms with E-state index in [4.69, 9.17) is 0 Å². The third-order valence-corrected chi connectivity index (χ3v) is 6.18. The molecule has 0 bridgehead atoms. The SMILES string of the molecule is CC1(NC(=O)c2ccc3c(c2)CNCC3)CCS(=O)(=O)C1. The number of benzene rings is 1. The predicted octanol–water partition coefficient (Wildman–Crippen LogP) is 0.639. The van der Waals surface area contributed by atoms with E-state index in [9.17, 15) is 13.2 Å². The summed E-state index contributed by atoms with van der Waals surface area (Å²) in [7, 11) is -3.02. The third-order valence-electron chi connectivity index (χ3n) is 4.27. The quantitative estimate of drug-likeness (QED) is 0.841. The van der Waals surface area contributed by atoms with Crippen molar-refractivity contribution in [2.24, 2.45) is 0 Å². The maximum Gasteiger partial charge on any atom is 0.251 e. The minimum atomic E-state index is -3.02. The molecule has 5 nitrogen and oxygen atoms in total. The summed E-state index contributed by atoms with van der Waals surface area (Å²) in [6.45, 7) is 3.55. The van der Waals surface area contributed by atoms with Crippen molar-refractivity contribution in [3.63, 3.8) is 0 Å². The Balaban J connectivity index is 1.77. The molecule has 2 aliphatic heterocycles. The summed E-state index contributed by atoms with van der Waals surface area (Å²) in [5.41, 5.74) is 2.38. The van der Waals surface area contributed by atoms with Crippen molar-refractivity contribution in [3.8, 4) is 0 Å². The molecule has 21 heavy (non-hydrogen) atoms. The van der Waals surface area contributed by atoms with Gasteiger partial charge in [0.05, 0.1) is 17.0 Å². The van der Waals surface area contributed by atoms with E-state index in [-0.39, 0.29) is 17.4 Å². The van der Waals surface area contributed by atoms with Crippen molar-refractivity contribution in [2.45, 2.75) is 31.8 Å². The lowest BCUT2D eigenvalue weighted by Crippen LogP contribution is -2.47. The van der Waals surface area contributed by atoms with E-state index in [1.54, 1.807) is 6.92 Å². The Morgan fingerprint density at radius 1 is 1.33 bits per heavy atom. The molecule has 0 aliphatic carbocycles. The van der Waals surface area contributed by atoms with Gasteiger partial charge in [0.2, 0.25) is 0 Å². The smallest absolute Gasteiger partial charge is 0.251 e. The van der Waals surface area contributed by atoms with E-state index in [1.807, 2.05) is 18.2 Å². The van der Waals surface area contributed by atoms with Gasteiger partial charge in [-0.1, -0.05) is 6.07 Å². The normalized spacial score (nSPS) is 27.1. The third kappa shape index (κ3) is 3.11. The molecule has 1 atom stereocenters. The Kier molecular flexibility index (Phi) is 3.53. The van der Waals surface area contributed by atoms with Gasteiger partial charge >= 0.3 is 0 Å². The van der Waals surface area contributed by atoms with E-state index in [1.165, 1.54) is 5.56 Å². The first kappa shape index (κ1) is 14.5. The molecule has 1 amide bonds. The van der Waals surface area contributed by atoms with Crippen LogP contribution in [0.3, 0.4) is 0 Å². The molecule has 1 fully saturated rings. The van der Waals surface area contributed by atoms with Crippen LogP contribution in [0.1, 0.15) is 34.8 Å². The molecule has 2 N–H and O–H groups in total. The first-order valence-corrected chi connectivity index (χ1v) is 9.05. The number of nitrogens with one attached hydrogen (secondary N) is 2. The summed E-state index contributed by atoms with van der Waals surface area (Å²) >= 11 is 0. The van der Waals surface area contributed by atoms with Crippen molar-refractivity contribution >= 4 is 15.7 Å². The monoisotopic (exact) mass is 308 g/mol. The van der Waals surface area contributed by atoms with E-state index in [0.29, 0.717) is 12.0 Å². The summed E-state index contributed by atoms with van der Waals surface area (Å²) in [5.74, 6) is -0.0150. The highest BCUT2D eigenvalue weighted by Gasteiger charge is 2.39. The molecule has 114 valence electrons. The zero-order valence-corrected chi connectivity index (χ0v) is 12.9. The number of fused-ring (bicyclic) bond motifs is 1. The number of rotatable bonds is 2. The number of hydrogen-bond donors (Lipinski definition) is 2. The van der Waals surface area contributed by atoms with Crippen LogP contribution in [0, 0.1) is 0 Å². The average Bonchev–Trinajstić information content (AvgIpc) is 2.71. The van der Waals surface area contributed by atoms with Gasteiger partial charge in [-0.2, -0.15) is 0 Å². The molecule has 2 aliphatic rings. The van der Waals surface area contributed by atoms with Crippen LogP contribution in [-0.4, -0.2) is 37.9 Å². The second-order valence-corrected chi connectivity index (χ2v) is 8.45. The van der Waals surface area contributed by atoms with E-state index in [0.717, 1.165) is 25.1 Å². The summed E-state index contributed by atoms with van der Waals surface area (Å²) in [6, 6.07) is 5.73. The summed E-state index contributed by atoms with van der Waals surface area (Å²) < 4.78 is 23.2. The van der Waals surface area contributed by atoms with Gasteiger partial charge in [-0.3, -0.25) is 4.79 Å². The molecule has 1 unspecified atom stereocenters. The van der Waals surface area contributed by atoms with Crippen LogP contribution in [0.4, 0.5) is 0 Å². The highest BCUT2D eigenvalue weighted by molar-refractivity contribution is 7.91. The number of carbonyl (C=O) groups excluding carboxylic acids is 1. The largest absolute Gasteiger partial charge is 0.346 e. The van der Waals surface area contributed by atoms with E-state index < -0.39 is 15.4 Å². The fraction of sp³-hybridized carbons (Fsp3) is 0.533. The number of amides is 1. The number of sulfone groups is 1. The highest BCUT2D eigenvalue weighted by Crippen LogP contribution is 2.24. The number of carbonyl (C=O) groups is 1. The lowest BCUT2D eigenvalue weighted by Gasteiger charge is -2.24. The van der Waals surface area contributed by atoms with Gasteiger partial charge in [0.1, 0.15) is 0 Å². The molecule has 2 heterocycles. The molecular formula is C15H20N2O3S. The van der Waals surface area contributed by atoms with E-state index in [2.05, 4.69) is 10.6 Å². The minimum absolute atomic E-state index is 0.0260. The molecule has 1 aromatic carbocycles. The molecule has 0 saturated carbocycles. The predicted molar refractivity (Wildman–Crippen MR) is 81.0 cm³/mol. The molecule has 1 aromatic rings. The molecule has 3 rings (SSSR count). The van der Waals surface area contributed by atoms with Crippen LogP contribution in [0.5, 0.6) is 0 Å². The summed E-state index contributed by atoms with van der Waals surface area (Å²) in [6.07, 6.45) is 1.46. The Labute approximate surface area is 125 Å². The lowest BCUT2D eigenvalue weighted by atomic mass is 9.97. The maximum absolute atomic E-state index is 12.4. The second-order valence-electron chi connectivity index (χ2n) is 6.27. The molecule has 1 saturated heterocycles. The van der Waals surface area contributed by atoms with Crippen molar-refractivity contribution in [1.29, 1.82) is 0 Å². The number of hydrogen-bond acceptors (Lipinski definition) is 4. The summed E-state index contributed by atoms with van der Waals surface area (Å²) in [5, 5.41) is 6.18. The maximum atomic E-state index is 12.4. The average molecular weight is 308 g/mol. The van der Waals surface area contributed by atoms with Crippen LogP contribution in [-0.2, 0) is 22.8 Å². The first-order chi connectivity index (χ1) is 9.87. The molecule has 0 radical (unpaired) electrons. The van der Waals surface area contributed by atoms with Gasteiger partial charge < -0.3 is 10.6 Å². The van der Waals surface area contributed by atoms with Gasteiger partial charge in [-0.15, -0.1) is 0 Å². The van der Waals surface area contributed by atoms with E-state index >= 15 is 0 Å². The standard InChI is InChI=1S/C15H20N2O3S/c1-15(5-7-21(19,20)10-15)17-14(18)12-3-2-11-4-6-16-9-13(11)8-12/h2-3,8,16H,4-7,9-10H2,1H3,(H,17,18). The van der Waals surface area contributed by atoms with Crippen LogP contribution < -0.4 is 10.6 Å². The van der Waals surface area contributed by atoms with Gasteiger partial charge in [0, 0.05) is 12.1 Å². The Morgan fingerprint density at radius 2 is 2.14 bits per heavy atom. The molecule has 0 aromatic heterocycles. The second kappa shape index (κ2) is 5.10. The molecule has 0 spiro atoms. The zero-order chi connectivity index (χ0) is 15.1. The summed E-state index contributed by atoms with van der Waals surface area (Å²) in [4.78, 5) is 12.4. The molecule has 6 heteroatoms. The van der Waals surface area contributed by atoms with Crippen LogP contribution in [0.15, 0.2) is 18.2 Å². The lowest BCUT2D eigenvalue weighted by molar-refractivity contribution is 0.0915. The topological polar surface area (TPSA) is 75.3 Å².